The Bertz CT molecular complexity index is 336. The van der Waals surface area contributed by atoms with Crippen LogP contribution in [0.15, 0.2) is 12.2 Å². The van der Waals surface area contributed by atoms with Gasteiger partial charge in [0.1, 0.15) is 24.2 Å². The van der Waals surface area contributed by atoms with Crippen LogP contribution in [0.4, 0.5) is 0 Å². The van der Waals surface area contributed by atoms with Crippen LogP contribution in [0.2, 0.25) is 0 Å². The summed E-state index contributed by atoms with van der Waals surface area (Å²) in [4.78, 5) is 22.9. The van der Waals surface area contributed by atoms with Crippen LogP contribution in [-0.4, -0.2) is 55.1 Å². The molecule has 1 atom stereocenters. The molecule has 0 amide bonds. The normalized spacial score (nSPS) is 17.6. The van der Waals surface area contributed by atoms with Crippen molar-refractivity contribution in [3.63, 3.8) is 0 Å². The third-order valence-corrected chi connectivity index (χ3v) is 4.62. The van der Waals surface area contributed by atoms with Gasteiger partial charge in [-0.3, -0.25) is 0 Å². The molecule has 0 saturated carbocycles. The van der Waals surface area contributed by atoms with Gasteiger partial charge in [0.15, 0.2) is 0 Å². The van der Waals surface area contributed by atoms with E-state index in [0.717, 1.165) is 24.7 Å². The highest BCUT2D eigenvalue weighted by molar-refractivity contribution is 7.97. The van der Waals surface area contributed by atoms with Gasteiger partial charge in [0.25, 0.3) is 0 Å². The smallest absolute Gasteiger partial charge is 0.356 e. The van der Waals surface area contributed by atoms with Gasteiger partial charge in [-0.05, 0) is 13.8 Å². The molecule has 1 saturated heterocycles. The Morgan fingerprint density at radius 2 is 2.00 bits per heavy atom. The van der Waals surface area contributed by atoms with Gasteiger partial charge < -0.3 is 14.2 Å². The van der Waals surface area contributed by atoms with Crippen molar-refractivity contribution in [3.05, 3.63) is 12.2 Å². The minimum absolute atomic E-state index is 0.0711. The molecular formula is C13H21O5S+. The van der Waals surface area contributed by atoms with Gasteiger partial charge >= 0.3 is 11.9 Å². The third kappa shape index (κ3) is 6.63. The zero-order valence-corrected chi connectivity index (χ0v) is 12.3. The van der Waals surface area contributed by atoms with Gasteiger partial charge in [-0.25, -0.2) is 9.59 Å². The van der Waals surface area contributed by atoms with Crippen LogP contribution in [0.1, 0.15) is 13.8 Å². The quantitative estimate of drug-likeness (QED) is 0.409. The van der Waals surface area contributed by atoms with Crippen molar-refractivity contribution < 1.29 is 23.8 Å². The second kappa shape index (κ2) is 8.22. The fraction of sp³-hybridized carbons (Fsp3) is 0.692. The fourth-order valence-corrected chi connectivity index (χ4v) is 3.05. The molecule has 0 bridgehead atoms. The lowest BCUT2D eigenvalue weighted by Gasteiger charge is -2.15. The number of hydrogen-bond acceptors (Lipinski definition) is 5. The molecule has 1 aliphatic rings. The summed E-state index contributed by atoms with van der Waals surface area (Å²) >= 11 is 0. The molecule has 0 radical (unpaired) electrons. The van der Waals surface area contributed by atoms with Gasteiger partial charge in [0, 0.05) is 16.5 Å². The maximum atomic E-state index is 11.6. The molecular weight excluding hydrogens is 268 g/mol. The van der Waals surface area contributed by atoms with Crippen LogP contribution in [0, 0.1) is 0 Å². The van der Waals surface area contributed by atoms with E-state index >= 15 is 0 Å². The number of carbonyl (C=O) groups excluding carboxylic acids is 2. The highest BCUT2D eigenvalue weighted by Crippen LogP contribution is 2.05. The topological polar surface area (TPSA) is 61.8 Å². The molecule has 1 aliphatic heterocycles. The fourth-order valence-electron chi connectivity index (χ4n) is 1.44. The SMILES string of the molecule is C=C(C)C(=O)OC(C)COC(=O)C[S+]1CCOCC1. The van der Waals surface area contributed by atoms with E-state index in [1.807, 2.05) is 0 Å². The van der Waals surface area contributed by atoms with E-state index in [1.165, 1.54) is 0 Å². The van der Waals surface area contributed by atoms with Crippen LogP contribution in [-0.2, 0) is 34.7 Å². The Labute approximate surface area is 116 Å². The summed E-state index contributed by atoms with van der Waals surface area (Å²) in [6.07, 6.45) is -0.453. The average Bonchev–Trinajstić information content (AvgIpc) is 2.37. The molecule has 0 spiro atoms. The molecule has 19 heavy (non-hydrogen) atoms. The lowest BCUT2D eigenvalue weighted by molar-refractivity contribution is -0.153. The molecule has 0 N–H and O–H groups in total. The predicted molar refractivity (Wildman–Crippen MR) is 74.1 cm³/mol. The number of ether oxygens (including phenoxy) is 3. The van der Waals surface area contributed by atoms with Gasteiger partial charge in [-0.2, -0.15) is 0 Å². The van der Waals surface area contributed by atoms with Crippen LogP contribution in [0.25, 0.3) is 0 Å². The summed E-state index contributed by atoms with van der Waals surface area (Å²) in [5.74, 6) is 1.59. The van der Waals surface area contributed by atoms with Crippen molar-refractivity contribution in [1.82, 2.24) is 0 Å². The van der Waals surface area contributed by atoms with Gasteiger partial charge in [-0.15, -0.1) is 0 Å². The Morgan fingerprint density at radius 3 is 2.58 bits per heavy atom. The lowest BCUT2D eigenvalue weighted by atomic mass is 10.3. The summed E-state index contributed by atoms with van der Waals surface area (Å²) in [5, 5.41) is 0. The number of esters is 2. The van der Waals surface area contributed by atoms with Gasteiger partial charge in [0.2, 0.25) is 5.75 Å². The van der Waals surface area contributed by atoms with Crippen molar-refractivity contribution in [2.45, 2.75) is 20.0 Å². The molecule has 0 aromatic rings. The minimum Gasteiger partial charge on any atom is -0.458 e. The summed E-state index contributed by atoms with van der Waals surface area (Å²) in [6.45, 7) is 8.29. The first-order valence-corrected chi connectivity index (χ1v) is 7.96. The average molecular weight is 289 g/mol. The first-order chi connectivity index (χ1) is 8.99. The predicted octanol–water partition coefficient (Wildman–Crippen LogP) is 0.686. The summed E-state index contributed by atoms with van der Waals surface area (Å²) in [6, 6.07) is 0. The molecule has 5 nitrogen and oxygen atoms in total. The van der Waals surface area contributed by atoms with E-state index < -0.39 is 12.1 Å². The number of hydrogen-bond donors (Lipinski definition) is 0. The maximum Gasteiger partial charge on any atom is 0.356 e. The lowest BCUT2D eigenvalue weighted by Crippen LogP contribution is -2.33. The molecule has 0 aromatic carbocycles. The highest BCUT2D eigenvalue weighted by atomic mass is 32.2. The van der Waals surface area contributed by atoms with Crippen LogP contribution in [0.5, 0.6) is 0 Å². The Kier molecular flexibility index (Phi) is 6.94. The number of rotatable bonds is 6. The second-order valence-corrected chi connectivity index (χ2v) is 6.79. The first kappa shape index (κ1) is 16.0. The maximum absolute atomic E-state index is 11.6. The van der Waals surface area contributed by atoms with E-state index in [-0.39, 0.29) is 23.5 Å². The first-order valence-electron chi connectivity index (χ1n) is 6.23. The number of carbonyl (C=O) groups is 2. The van der Waals surface area contributed by atoms with E-state index in [1.54, 1.807) is 13.8 Å². The monoisotopic (exact) mass is 289 g/mol. The van der Waals surface area contributed by atoms with Gasteiger partial charge in [-0.1, -0.05) is 6.58 Å². The van der Waals surface area contributed by atoms with Crippen LogP contribution < -0.4 is 0 Å². The zero-order valence-electron chi connectivity index (χ0n) is 11.5. The minimum atomic E-state index is -0.463. The summed E-state index contributed by atoms with van der Waals surface area (Å²) < 4.78 is 15.4. The van der Waals surface area contributed by atoms with E-state index in [4.69, 9.17) is 14.2 Å². The van der Waals surface area contributed by atoms with E-state index in [0.29, 0.717) is 11.3 Å². The van der Waals surface area contributed by atoms with Crippen molar-refractivity contribution in [3.8, 4) is 0 Å². The van der Waals surface area contributed by atoms with Crippen molar-refractivity contribution >= 4 is 22.8 Å². The van der Waals surface area contributed by atoms with E-state index in [2.05, 4.69) is 6.58 Å². The molecule has 1 unspecified atom stereocenters. The highest BCUT2D eigenvalue weighted by Gasteiger charge is 2.26. The molecule has 1 heterocycles. The molecule has 6 heteroatoms. The largest absolute Gasteiger partial charge is 0.458 e. The molecule has 108 valence electrons. The Hall–Kier alpha value is -1.01. The zero-order chi connectivity index (χ0) is 14.3. The molecule has 0 aromatic heterocycles. The van der Waals surface area contributed by atoms with E-state index in [9.17, 15) is 9.59 Å². The van der Waals surface area contributed by atoms with Crippen molar-refractivity contribution in [2.24, 2.45) is 0 Å². The van der Waals surface area contributed by atoms with Gasteiger partial charge in [0.05, 0.1) is 13.2 Å². The van der Waals surface area contributed by atoms with Crippen LogP contribution >= 0.6 is 0 Å². The van der Waals surface area contributed by atoms with Crippen molar-refractivity contribution in [1.29, 1.82) is 0 Å². The third-order valence-electron chi connectivity index (χ3n) is 2.49. The molecule has 1 rings (SSSR count). The molecule has 0 aliphatic carbocycles. The van der Waals surface area contributed by atoms with Crippen molar-refractivity contribution in [2.75, 3.05) is 37.1 Å². The molecule has 1 fully saturated rings. The summed E-state index contributed by atoms with van der Waals surface area (Å²) in [7, 11) is 0.0711. The Balaban J connectivity index is 2.18. The van der Waals surface area contributed by atoms with Crippen LogP contribution in [0.3, 0.4) is 0 Å². The second-order valence-electron chi connectivity index (χ2n) is 4.46. The standard InChI is InChI=1S/C13H21O5S/c1-10(2)13(15)18-11(3)8-17-12(14)9-19-6-4-16-5-7-19/h11H,1,4-9H2,2-3H3/q+1. The summed E-state index contributed by atoms with van der Waals surface area (Å²) in [5.41, 5.74) is 0.335. The Morgan fingerprint density at radius 1 is 1.37 bits per heavy atom.